The number of nitro benzene ring substituents is 2. The second-order valence-electron chi connectivity index (χ2n) is 5.26. The molecule has 0 heterocycles. The molecule has 10 heteroatoms. The van der Waals surface area contributed by atoms with Crippen LogP contribution in [0.15, 0.2) is 60.0 Å². The van der Waals surface area contributed by atoms with Gasteiger partial charge in [0.2, 0.25) is 0 Å². The average molecular weight is 377 g/mol. The lowest BCUT2D eigenvalue weighted by atomic mass is 10.1. The molecule has 0 bridgehead atoms. The van der Waals surface area contributed by atoms with Crippen LogP contribution in [0.3, 0.4) is 0 Å². The largest absolute Gasteiger partial charge is 0.274 e. The Morgan fingerprint density at radius 3 is 2.35 bits per heavy atom. The molecule has 136 valence electrons. The normalized spacial score (nSPS) is 11.0. The molecule has 0 aliphatic heterocycles. The number of nitro groups is 2. The summed E-state index contributed by atoms with van der Waals surface area (Å²) < 4.78 is 27.0. The number of anilines is 1. The van der Waals surface area contributed by atoms with E-state index in [2.05, 4.69) is 6.58 Å². The van der Waals surface area contributed by atoms with Crippen LogP contribution in [-0.4, -0.2) is 24.8 Å². The molecule has 0 atom stereocenters. The molecular weight excluding hydrogens is 362 g/mol. The molecule has 0 saturated heterocycles. The second kappa shape index (κ2) is 7.31. The Hall–Kier alpha value is -3.27. The Bertz CT molecular complexity index is 987. The number of sulfonamides is 1. The zero-order chi connectivity index (χ0) is 19.5. The van der Waals surface area contributed by atoms with Crippen LogP contribution in [-0.2, 0) is 10.0 Å². The summed E-state index contributed by atoms with van der Waals surface area (Å²) >= 11 is 0. The van der Waals surface area contributed by atoms with Crippen molar-refractivity contribution in [3.8, 4) is 0 Å². The standard InChI is InChI=1S/C16H15N3O6S/c1-3-10-17(15-8-5-9-16(12(15)2)19(22)23)26(24,25)14-7-4-6-13(11-14)18(20)21/h3-9,11H,1,10H2,2H3. The van der Waals surface area contributed by atoms with Crippen LogP contribution >= 0.6 is 0 Å². The highest BCUT2D eigenvalue weighted by Crippen LogP contribution is 2.32. The number of hydrogen-bond acceptors (Lipinski definition) is 6. The predicted molar refractivity (Wildman–Crippen MR) is 95.7 cm³/mol. The van der Waals surface area contributed by atoms with E-state index in [1.807, 2.05) is 0 Å². The minimum Gasteiger partial charge on any atom is -0.262 e. The SMILES string of the molecule is C=CCN(c1cccc([N+](=O)[O-])c1C)S(=O)(=O)c1cccc([N+](=O)[O-])c1. The van der Waals surface area contributed by atoms with E-state index in [1.165, 1.54) is 49.4 Å². The summed E-state index contributed by atoms with van der Waals surface area (Å²) in [5.41, 5.74) is -0.342. The Balaban J connectivity index is 2.65. The molecule has 0 spiro atoms. The van der Waals surface area contributed by atoms with E-state index in [9.17, 15) is 28.6 Å². The van der Waals surface area contributed by atoms with Crippen LogP contribution in [0.4, 0.5) is 17.1 Å². The van der Waals surface area contributed by atoms with Crippen LogP contribution in [0.2, 0.25) is 0 Å². The van der Waals surface area contributed by atoms with E-state index in [4.69, 9.17) is 0 Å². The van der Waals surface area contributed by atoms with Crippen LogP contribution in [0, 0.1) is 27.2 Å². The first-order chi connectivity index (χ1) is 12.2. The molecule has 9 nitrogen and oxygen atoms in total. The average Bonchev–Trinajstić information content (AvgIpc) is 2.60. The quantitative estimate of drug-likeness (QED) is 0.415. The van der Waals surface area contributed by atoms with Crippen molar-refractivity contribution in [1.82, 2.24) is 0 Å². The molecule has 0 aliphatic carbocycles. The van der Waals surface area contributed by atoms with Gasteiger partial charge in [-0.25, -0.2) is 8.42 Å². The number of benzene rings is 2. The lowest BCUT2D eigenvalue weighted by molar-refractivity contribution is -0.385. The number of nitrogens with zero attached hydrogens (tertiary/aromatic N) is 3. The van der Waals surface area contributed by atoms with Gasteiger partial charge in [-0.2, -0.15) is 0 Å². The Morgan fingerprint density at radius 2 is 1.77 bits per heavy atom. The van der Waals surface area contributed by atoms with Gasteiger partial charge in [0, 0.05) is 18.2 Å². The third-order valence-corrected chi connectivity index (χ3v) is 5.43. The van der Waals surface area contributed by atoms with Gasteiger partial charge in [-0.1, -0.05) is 18.2 Å². The molecule has 2 aromatic carbocycles. The van der Waals surface area contributed by atoms with Crippen molar-refractivity contribution in [2.75, 3.05) is 10.8 Å². The van der Waals surface area contributed by atoms with Crippen LogP contribution in [0.25, 0.3) is 0 Å². The highest BCUT2D eigenvalue weighted by molar-refractivity contribution is 7.92. The van der Waals surface area contributed by atoms with Crippen LogP contribution in [0.1, 0.15) is 5.56 Å². The van der Waals surface area contributed by atoms with Gasteiger partial charge < -0.3 is 0 Å². The highest BCUT2D eigenvalue weighted by Gasteiger charge is 2.28. The fraction of sp³-hybridized carbons (Fsp3) is 0.125. The van der Waals surface area contributed by atoms with Crippen molar-refractivity contribution < 1.29 is 18.3 Å². The van der Waals surface area contributed by atoms with Crippen molar-refractivity contribution in [2.24, 2.45) is 0 Å². The third-order valence-electron chi connectivity index (χ3n) is 3.65. The molecule has 2 rings (SSSR count). The first-order valence-electron chi connectivity index (χ1n) is 7.32. The van der Waals surface area contributed by atoms with Gasteiger partial charge in [-0.15, -0.1) is 6.58 Å². The first kappa shape index (κ1) is 19.1. The van der Waals surface area contributed by atoms with Crippen molar-refractivity contribution in [3.05, 3.63) is 80.9 Å². The molecule has 0 aromatic heterocycles. The molecule has 0 saturated carbocycles. The van der Waals surface area contributed by atoms with Crippen LogP contribution in [0.5, 0.6) is 0 Å². The third kappa shape index (κ3) is 3.54. The van der Waals surface area contributed by atoms with Gasteiger partial charge in [0.1, 0.15) is 0 Å². The Labute approximate surface area is 149 Å². The van der Waals surface area contributed by atoms with Crippen molar-refractivity contribution >= 4 is 27.1 Å². The summed E-state index contributed by atoms with van der Waals surface area (Å²) in [6, 6.07) is 8.68. The maximum absolute atomic E-state index is 13.0. The number of rotatable bonds is 7. The van der Waals surface area contributed by atoms with Crippen LogP contribution < -0.4 is 4.31 Å². The van der Waals surface area contributed by atoms with Gasteiger partial charge in [-0.3, -0.25) is 24.5 Å². The fourth-order valence-electron chi connectivity index (χ4n) is 2.41. The molecule has 0 fully saturated rings. The minimum atomic E-state index is -4.20. The molecule has 0 aliphatic rings. The molecule has 2 aromatic rings. The molecule has 26 heavy (non-hydrogen) atoms. The summed E-state index contributed by atoms with van der Waals surface area (Å²) in [7, 11) is -4.20. The van der Waals surface area contributed by atoms with Gasteiger partial charge in [-0.05, 0) is 19.1 Å². The molecular formula is C16H15N3O6S. The fourth-order valence-corrected chi connectivity index (χ4v) is 3.94. The maximum Gasteiger partial charge on any atom is 0.274 e. The van der Waals surface area contributed by atoms with Gasteiger partial charge in [0.05, 0.1) is 32.5 Å². The van der Waals surface area contributed by atoms with E-state index in [-0.39, 0.29) is 34.1 Å². The molecule has 0 unspecified atom stereocenters. The molecule has 0 N–H and O–H groups in total. The summed E-state index contributed by atoms with van der Waals surface area (Å²) in [4.78, 5) is 20.5. The van der Waals surface area contributed by atoms with E-state index < -0.39 is 19.9 Å². The van der Waals surface area contributed by atoms with Crippen molar-refractivity contribution in [1.29, 1.82) is 0 Å². The lowest BCUT2D eigenvalue weighted by Gasteiger charge is -2.24. The predicted octanol–water partition coefficient (Wildman–Crippen LogP) is 3.19. The molecule has 0 radical (unpaired) electrons. The van der Waals surface area contributed by atoms with Gasteiger partial charge in [0.15, 0.2) is 0 Å². The smallest absolute Gasteiger partial charge is 0.262 e. The molecule has 0 amide bonds. The monoisotopic (exact) mass is 377 g/mol. The van der Waals surface area contributed by atoms with E-state index in [0.717, 1.165) is 10.4 Å². The Kier molecular flexibility index (Phi) is 5.36. The first-order valence-corrected chi connectivity index (χ1v) is 8.76. The summed E-state index contributed by atoms with van der Waals surface area (Å²) in [6.45, 7) is 4.80. The maximum atomic E-state index is 13.0. The summed E-state index contributed by atoms with van der Waals surface area (Å²) in [6.07, 6.45) is 1.33. The summed E-state index contributed by atoms with van der Waals surface area (Å²) in [5.74, 6) is 0. The lowest BCUT2D eigenvalue weighted by Crippen LogP contribution is -2.32. The van der Waals surface area contributed by atoms with Crippen molar-refractivity contribution in [3.63, 3.8) is 0 Å². The topological polar surface area (TPSA) is 124 Å². The van der Waals surface area contributed by atoms with E-state index in [0.29, 0.717) is 0 Å². The number of hydrogen-bond donors (Lipinski definition) is 0. The van der Waals surface area contributed by atoms with Gasteiger partial charge >= 0.3 is 0 Å². The zero-order valence-electron chi connectivity index (χ0n) is 13.7. The second-order valence-corrected chi connectivity index (χ2v) is 7.12. The highest BCUT2D eigenvalue weighted by atomic mass is 32.2. The van der Waals surface area contributed by atoms with Crippen molar-refractivity contribution in [2.45, 2.75) is 11.8 Å². The minimum absolute atomic E-state index is 0.102. The van der Waals surface area contributed by atoms with E-state index in [1.54, 1.807) is 0 Å². The Morgan fingerprint density at radius 1 is 1.12 bits per heavy atom. The van der Waals surface area contributed by atoms with Gasteiger partial charge in [0.25, 0.3) is 21.4 Å². The number of non-ortho nitro benzene ring substituents is 1. The zero-order valence-corrected chi connectivity index (χ0v) is 14.5. The van der Waals surface area contributed by atoms with E-state index >= 15 is 0 Å². The summed E-state index contributed by atoms with van der Waals surface area (Å²) in [5, 5.41) is 22.1.